The van der Waals surface area contributed by atoms with Crippen molar-refractivity contribution in [3.8, 4) is 0 Å². The van der Waals surface area contributed by atoms with E-state index in [0.29, 0.717) is 6.04 Å². The molecule has 2 aromatic rings. The minimum Gasteiger partial charge on any atom is -0.368 e. The Morgan fingerprint density at radius 1 is 1.00 bits per heavy atom. The number of fused-ring (bicyclic) bond motifs is 2. The highest BCUT2D eigenvalue weighted by Gasteiger charge is 2.36. The summed E-state index contributed by atoms with van der Waals surface area (Å²) in [6.07, 6.45) is 4.14. The Hall–Kier alpha value is -2.13. The number of nitrogens with two attached hydrogens (primary N) is 1. The largest absolute Gasteiger partial charge is 0.368 e. The number of hydrogen-bond acceptors (Lipinski definition) is 2. The summed E-state index contributed by atoms with van der Waals surface area (Å²) in [5, 5.41) is 0. The van der Waals surface area contributed by atoms with Crippen molar-refractivity contribution in [2.45, 2.75) is 44.3 Å². The first-order valence-electron chi connectivity index (χ1n) is 8.43. The summed E-state index contributed by atoms with van der Waals surface area (Å²) in [6, 6.07) is 17.2. The Balaban J connectivity index is 1.74. The Morgan fingerprint density at radius 3 is 2.48 bits per heavy atom. The number of rotatable bonds is 2. The van der Waals surface area contributed by atoms with Crippen LogP contribution in [0.5, 0.6) is 0 Å². The van der Waals surface area contributed by atoms with E-state index in [9.17, 15) is 4.79 Å². The lowest BCUT2D eigenvalue weighted by molar-refractivity contribution is -0.125. The topological polar surface area (TPSA) is 46.3 Å². The molecule has 1 unspecified atom stereocenters. The SMILES string of the molecule is NC(=O)C1Cc2ccccc2CN1[C@H]1CCCc2ccccc21. The van der Waals surface area contributed by atoms with E-state index in [-0.39, 0.29) is 11.9 Å². The number of carbonyl (C=O) groups is 1. The summed E-state index contributed by atoms with van der Waals surface area (Å²) in [7, 11) is 0. The molecule has 3 nitrogen and oxygen atoms in total. The molecule has 0 bridgehead atoms. The Bertz CT molecular complexity index is 740. The standard InChI is InChI=1S/C20H22N2O/c21-20(23)19-12-15-7-1-2-8-16(15)13-22(19)18-11-5-9-14-6-3-4-10-17(14)18/h1-4,6-8,10,18-19H,5,9,11-13H2,(H2,21,23)/t18-,19?/m0/s1. The molecule has 2 atom stereocenters. The second kappa shape index (κ2) is 5.82. The maximum Gasteiger partial charge on any atom is 0.235 e. The fraction of sp³-hybridized carbons (Fsp3) is 0.350. The van der Waals surface area contributed by atoms with Crippen molar-refractivity contribution in [1.29, 1.82) is 0 Å². The number of aryl methyl sites for hydroxylation is 1. The van der Waals surface area contributed by atoms with Gasteiger partial charge in [0.25, 0.3) is 0 Å². The highest BCUT2D eigenvalue weighted by atomic mass is 16.1. The van der Waals surface area contributed by atoms with Gasteiger partial charge in [-0.25, -0.2) is 0 Å². The van der Waals surface area contributed by atoms with Gasteiger partial charge in [0, 0.05) is 12.6 Å². The number of primary amides is 1. The second-order valence-electron chi connectivity index (χ2n) is 6.67. The first-order chi connectivity index (χ1) is 11.2. The van der Waals surface area contributed by atoms with Crippen molar-refractivity contribution < 1.29 is 4.79 Å². The molecule has 23 heavy (non-hydrogen) atoms. The van der Waals surface area contributed by atoms with Crippen LogP contribution in [-0.4, -0.2) is 16.8 Å². The van der Waals surface area contributed by atoms with E-state index in [1.807, 2.05) is 6.07 Å². The molecule has 3 heteroatoms. The third-order valence-electron chi connectivity index (χ3n) is 5.35. The molecule has 2 N–H and O–H groups in total. The minimum absolute atomic E-state index is 0.206. The van der Waals surface area contributed by atoms with Crippen LogP contribution >= 0.6 is 0 Å². The Kier molecular flexibility index (Phi) is 3.66. The number of benzene rings is 2. The van der Waals surface area contributed by atoms with Gasteiger partial charge in [-0.05, 0) is 47.9 Å². The summed E-state index contributed by atoms with van der Waals surface area (Å²) in [5.41, 5.74) is 11.1. The highest BCUT2D eigenvalue weighted by Crippen LogP contribution is 2.38. The number of amides is 1. The van der Waals surface area contributed by atoms with Gasteiger partial charge < -0.3 is 5.73 Å². The summed E-state index contributed by atoms with van der Waals surface area (Å²) in [4.78, 5) is 14.4. The maximum atomic E-state index is 12.1. The van der Waals surface area contributed by atoms with Gasteiger partial charge in [-0.2, -0.15) is 0 Å². The van der Waals surface area contributed by atoms with Gasteiger partial charge in [-0.3, -0.25) is 9.69 Å². The van der Waals surface area contributed by atoms with Crippen molar-refractivity contribution in [2.75, 3.05) is 0 Å². The molecule has 1 aliphatic carbocycles. The quantitative estimate of drug-likeness (QED) is 0.927. The lowest BCUT2D eigenvalue weighted by atomic mass is 9.83. The molecule has 0 fully saturated rings. The van der Waals surface area contributed by atoms with E-state index in [2.05, 4.69) is 47.4 Å². The van der Waals surface area contributed by atoms with Crippen molar-refractivity contribution in [2.24, 2.45) is 5.73 Å². The second-order valence-corrected chi connectivity index (χ2v) is 6.67. The molecule has 0 saturated carbocycles. The molecule has 0 spiro atoms. The van der Waals surface area contributed by atoms with Gasteiger partial charge in [0.15, 0.2) is 0 Å². The van der Waals surface area contributed by atoms with E-state index < -0.39 is 0 Å². The summed E-state index contributed by atoms with van der Waals surface area (Å²) >= 11 is 0. The molecule has 118 valence electrons. The monoisotopic (exact) mass is 306 g/mol. The summed E-state index contributed by atoms with van der Waals surface area (Å²) < 4.78 is 0. The van der Waals surface area contributed by atoms with Gasteiger partial charge in [0.1, 0.15) is 0 Å². The van der Waals surface area contributed by atoms with Gasteiger partial charge in [0.05, 0.1) is 6.04 Å². The number of carbonyl (C=O) groups excluding carboxylic acids is 1. The third-order valence-corrected chi connectivity index (χ3v) is 5.35. The van der Waals surface area contributed by atoms with Gasteiger partial charge in [0.2, 0.25) is 5.91 Å². The predicted octanol–water partition coefficient (Wildman–Crippen LogP) is 2.98. The van der Waals surface area contributed by atoms with Crippen LogP contribution in [0.4, 0.5) is 0 Å². The van der Waals surface area contributed by atoms with E-state index in [1.165, 1.54) is 28.7 Å². The lowest BCUT2D eigenvalue weighted by Crippen LogP contribution is -2.50. The van der Waals surface area contributed by atoms with Crippen LogP contribution < -0.4 is 5.73 Å². The van der Waals surface area contributed by atoms with E-state index in [4.69, 9.17) is 5.73 Å². The molecule has 0 saturated heterocycles. The van der Waals surface area contributed by atoms with Crippen LogP contribution in [0.25, 0.3) is 0 Å². The van der Waals surface area contributed by atoms with E-state index in [0.717, 1.165) is 25.8 Å². The normalized spacial score (nSPS) is 23.8. The Labute approximate surface area is 137 Å². The number of hydrogen-bond donors (Lipinski definition) is 1. The minimum atomic E-state index is -0.207. The fourth-order valence-electron chi connectivity index (χ4n) is 4.21. The molecular weight excluding hydrogens is 284 g/mol. The highest BCUT2D eigenvalue weighted by molar-refractivity contribution is 5.80. The smallest absolute Gasteiger partial charge is 0.235 e. The third kappa shape index (κ3) is 2.55. The molecular formula is C20H22N2O. The zero-order valence-electron chi connectivity index (χ0n) is 13.2. The van der Waals surface area contributed by atoms with Crippen molar-refractivity contribution in [3.05, 3.63) is 70.8 Å². The molecule has 2 aromatic carbocycles. The van der Waals surface area contributed by atoms with Crippen molar-refractivity contribution in [3.63, 3.8) is 0 Å². The zero-order valence-corrected chi connectivity index (χ0v) is 13.2. The van der Waals surface area contributed by atoms with Gasteiger partial charge in [-0.1, -0.05) is 48.5 Å². The average molecular weight is 306 g/mol. The first-order valence-corrected chi connectivity index (χ1v) is 8.43. The molecule has 4 rings (SSSR count). The molecule has 1 aliphatic heterocycles. The lowest BCUT2D eigenvalue weighted by Gasteiger charge is -2.42. The van der Waals surface area contributed by atoms with Crippen LogP contribution in [0.2, 0.25) is 0 Å². The first kappa shape index (κ1) is 14.5. The molecule has 0 aromatic heterocycles. The van der Waals surface area contributed by atoms with Crippen LogP contribution in [0.3, 0.4) is 0 Å². The molecule has 2 aliphatic rings. The molecule has 1 amide bonds. The van der Waals surface area contributed by atoms with E-state index >= 15 is 0 Å². The molecule has 0 radical (unpaired) electrons. The maximum absolute atomic E-state index is 12.1. The van der Waals surface area contributed by atoms with Gasteiger partial charge >= 0.3 is 0 Å². The average Bonchev–Trinajstić information content (AvgIpc) is 2.60. The summed E-state index contributed by atoms with van der Waals surface area (Å²) in [6.45, 7) is 0.808. The summed E-state index contributed by atoms with van der Waals surface area (Å²) in [5.74, 6) is -0.206. The Morgan fingerprint density at radius 2 is 1.70 bits per heavy atom. The number of nitrogens with zero attached hydrogens (tertiary/aromatic N) is 1. The van der Waals surface area contributed by atoms with Crippen molar-refractivity contribution >= 4 is 5.91 Å². The predicted molar refractivity (Wildman–Crippen MR) is 90.8 cm³/mol. The van der Waals surface area contributed by atoms with E-state index in [1.54, 1.807) is 0 Å². The van der Waals surface area contributed by atoms with Crippen LogP contribution in [0.15, 0.2) is 48.5 Å². The molecule has 1 heterocycles. The van der Waals surface area contributed by atoms with Crippen molar-refractivity contribution in [1.82, 2.24) is 4.90 Å². The van der Waals surface area contributed by atoms with Gasteiger partial charge in [-0.15, -0.1) is 0 Å². The van der Waals surface area contributed by atoms with Crippen LogP contribution in [-0.2, 0) is 24.2 Å². The van der Waals surface area contributed by atoms with Crippen LogP contribution in [0.1, 0.15) is 41.1 Å². The fourth-order valence-corrected chi connectivity index (χ4v) is 4.21. The van der Waals surface area contributed by atoms with Crippen LogP contribution in [0, 0.1) is 0 Å². The zero-order chi connectivity index (χ0) is 15.8.